The van der Waals surface area contributed by atoms with Crippen molar-refractivity contribution in [3.63, 3.8) is 0 Å². The second-order valence-electron chi connectivity index (χ2n) is 16.2. The van der Waals surface area contributed by atoms with Gasteiger partial charge in [-0.25, -0.2) is 0 Å². The third kappa shape index (κ3) is 26.6. The van der Waals surface area contributed by atoms with Crippen molar-refractivity contribution in [1.82, 2.24) is 5.32 Å². The maximum atomic E-state index is 12.9. The first-order valence-electron chi connectivity index (χ1n) is 22.7. The number of nitrogens with one attached hydrogen (secondary N) is 1. The Labute approximate surface area is 325 Å². The minimum Gasteiger partial charge on any atom is -0.394 e. The summed E-state index contributed by atoms with van der Waals surface area (Å²) >= 11 is 0. The molecule has 7 unspecified atom stereocenters. The predicted molar refractivity (Wildman–Crippen MR) is 217 cm³/mol. The summed E-state index contributed by atoms with van der Waals surface area (Å²) in [6.45, 7) is 3.82. The van der Waals surface area contributed by atoms with Crippen molar-refractivity contribution in [2.45, 2.75) is 262 Å². The Morgan fingerprint density at radius 1 is 0.566 bits per heavy atom. The van der Waals surface area contributed by atoms with Gasteiger partial charge in [0.25, 0.3) is 0 Å². The molecule has 0 aromatic carbocycles. The molecule has 6 N–H and O–H groups in total. The lowest BCUT2D eigenvalue weighted by molar-refractivity contribution is -0.302. The summed E-state index contributed by atoms with van der Waals surface area (Å²) < 4.78 is 11.2. The summed E-state index contributed by atoms with van der Waals surface area (Å²) in [5, 5.41) is 54.1. The fourth-order valence-electron chi connectivity index (χ4n) is 7.51. The highest BCUT2D eigenvalue weighted by molar-refractivity contribution is 5.76. The monoisotopic (exact) mass is 758 g/mol. The molecule has 1 heterocycles. The van der Waals surface area contributed by atoms with Gasteiger partial charge < -0.3 is 40.3 Å². The van der Waals surface area contributed by atoms with Crippen LogP contribution in [-0.4, -0.2) is 87.5 Å². The summed E-state index contributed by atoms with van der Waals surface area (Å²) in [5.74, 6) is -0.142. The van der Waals surface area contributed by atoms with E-state index in [-0.39, 0.29) is 12.5 Å². The molecule has 1 aliphatic heterocycles. The Morgan fingerprint density at radius 3 is 1.34 bits per heavy atom. The number of rotatable bonds is 38. The topological polar surface area (TPSA) is 149 Å². The maximum Gasteiger partial charge on any atom is 0.220 e. The normalized spacial score (nSPS) is 21.5. The van der Waals surface area contributed by atoms with Crippen molar-refractivity contribution in [3.8, 4) is 0 Å². The first kappa shape index (κ1) is 50.2. The van der Waals surface area contributed by atoms with Crippen LogP contribution in [0.3, 0.4) is 0 Å². The summed E-state index contributed by atoms with van der Waals surface area (Å²) in [6, 6.07) is -0.709. The first-order valence-corrected chi connectivity index (χ1v) is 22.7. The van der Waals surface area contributed by atoms with Crippen LogP contribution in [0, 0.1) is 0 Å². The fourth-order valence-corrected chi connectivity index (χ4v) is 7.51. The molecular weight excluding hydrogens is 670 g/mol. The lowest BCUT2D eigenvalue weighted by Gasteiger charge is -2.40. The Bertz CT molecular complexity index is 801. The SMILES string of the molecule is CCCCCCCCCCCCCCCCCCCCCCCC(=O)NC(COC1OC(CO)C(O)C(O)C1O)C(O)CCCCCCCCCCC. The number of amides is 1. The van der Waals surface area contributed by atoms with E-state index in [9.17, 15) is 30.3 Å². The fraction of sp³-hybridized carbons (Fsp3) is 0.977. The van der Waals surface area contributed by atoms with E-state index < -0.39 is 49.5 Å². The van der Waals surface area contributed by atoms with Crippen LogP contribution in [0.15, 0.2) is 0 Å². The molecule has 316 valence electrons. The van der Waals surface area contributed by atoms with Gasteiger partial charge in [0.2, 0.25) is 5.91 Å². The molecule has 1 fully saturated rings. The zero-order chi connectivity index (χ0) is 38.8. The van der Waals surface area contributed by atoms with Crippen LogP contribution in [0.5, 0.6) is 0 Å². The number of ether oxygens (including phenoxy) is 2. The van der Waals surface area contributed by atoms with Gasteiger partial charge in [-0.1, -0.05) is 200 Å². The standard InChI is InChI=1S/C44H87NO8/c1-3-5-7-9-11-13-14-15-16-17-18-19-20-21-22-23-24-26-28-30-32-34-40(48)45-37(38(47)33-31-29-27-25-12-10-8-6-4-2)36-52-44-43(51)42(50)41(49)39(35-46)53-44/h37-39,41-44,46-47,49-51H,3-36H2,1-2H3,(H,45,48). The number of hydrogen-bond donors (Lipinski definition) is 6. The lowest BCUT2D eigenvalue weighted by atomic mass is 9.99. The van der Waals surface area contributed by atoms with Gasteiger partial charge in [-0.2, -0.15) is 0 Å². The molecule has 0 spiro atoms. The highest BCUT2D eigenvalue weighted by atomic mass is 16.7. The molecule has 0 bridgehead atoms. The zero-order valence-electron chi connectivity index (χ0n) is 34.5. The van der Waals surface area contributed by atoms with Crippen molar-refractivity contribution in [1.29, 1.82) is 0 Å². The zero-order valence-corrected chi connectivity index (χ0v) is 34.5. The summed E-state index contributed by atoms with van der Waals surface area (Å²) in [6.07, 6.45) is 31.2. The summed E-state index contributed by atoms with van der Waals surface area (Å²) in [4.78, 5) is 12.9. The molecule has 1 amide bonds. The molecule has 1 aliphatic rings. The van der Waals surface area contributed by atoms with Crippen LogP contribution in [0.4, 0.5) is 0 Å². The number of carbonyl (C=O) groups is 1. The smallest absolute Gasteiger partial charge is 0.220 e. The van der Waals surface area contributed by atoms with Crippen molar-refractivity contribution in [3.05, 3.63) is 0 Å². The average molecular weight is 758 g/mol. The third-order valence-corrected chi connectivity index (χ3v) is 11.2. The molecule has 9 nitrogen and oxygen atoms in total. The van der Waals surface area contributed by atoms with Crippen LogP contribution >= 0.6 is 0 Å². The predicted octanol–water partition coefficient (Wildman–Crippen LogP) is 9.17. The number of hydrogen-bond acceptors (Lipinski definition) is 8. The third-order valence-electron chi connectivity index (χ3n) is 11.2. The molecule has 0 saturated carbocycles. The molecule has 9 heteroatoms. The largest absolute Gasteiger partial charge is 0.394 e. The summed E-state index contributed by atoms with van der Waals surface area (Å²) in [5.41, 5.74) is 0. The summed E-state index contributed by atoms with van der Waals surface area (Å²) in [7, 11) is 0. The van der Waals surface area contributed by atoms with Gasteiger partial charge in [0.15, 0.2) is 6.29 Å². The second-order valence-corrected chi connectivity index (χ2v) is 16.2. The van der Waals surface area contributed by atoms with Crippen LogP contribution < -0.4 is 5.32 Å². The Kier molecular flexibility index (Phi) is 33.7. The van der Waals surface area contributed by atoms with Gasteiger partial charge in [0.1, 0.15) is 24.4 Å². The Balaban J connectivity index is 2.23. The van der Waals surface area contributed by atoms with E-state index in [0.717, 1.165) is 38.5 Å². The van der Waals surface area contributed by atoms with Crippen LogP contribution in [-0.2, 0) is 14.3 Å². The van der Waals surface area contributed by atoms with E-state index in [0.29, 0.717) is 12.8 Å². The molecule has 0 radical (unpaired) electrons. The molecule has 1 rings (SSSR count). The molecule has 0 aliphatic carbocycles. The van der Waals surface area contributed by atoms with Crippen molar-refractivity contribution in [2.75, 3.05) is 13.2 Å². The molecular formula is C44H87NO8. The number of aliphatic hydroxyl groups excluding tert-OH is 5. The van der Waals surface area contributed by atoms with Crippen molar-refractivity contribution in [2.24, 2.45) is 0 Å². The van der Waals surface area contributed by atoms with E-state index in [1.165, 1.54) is 154 Å². The second kappa shape index (κ2) is 35.6. The van der Waals surface area contributed by atoms with E-state index in [1.807, 2.05) is 0 Å². The van der Waals surface area contributed by atoms with Crippen molar-refractivity contribution < 1.29 is 39.8 Å². The number of aliphatic hydroxyl groups is 5. The van der Waals surface area contributed by atoms with Gasteiger partial charge in [-0.05, 0) is 12.8 Å². The van der Waals surface area contributed by atoms with Gasteiger partial charge >= 0.3 is 0 Å². The molecule has 7 atom stereocenters. The van der Waals surface area contributed by atoms with Gasteiger partial charge in [0.05, 0.1) is 25.4 Å². The highest BCUT2D eigenvalue weighted by Gasteiger charge is 2.44. The average Bonchev–Trinajstić information content (AvgIpc) is 3.16. The number of carbonyl (C=O) groups excluding carboxylic acids is 1. The van der Waals surface area contributed by atoms with E-state index in [4.69, 9.17) is 9.47 Å². The minimum atomic E-state index is -1.55. The number of unbranched alkanes of at least 4 members (excludes halogenated alkanes) is 28. The van der Waals surface area contributed by atoms with Crippen molar-refractivity contribution >= 4 is 5.91 Å². The van der Waals surface area contributed by atoms with Gasteiger partial charge in [0, 0.05) is 6.42 Å². The van der Waals surface area contributed by atoms with Crippen LogP contribution in [0.25, 0.3) is 0 Å². The minimum absolute atomic E-state index is 0.133. The molecule has 53 heavy (non-hydrogen) atoms. The van der Waals surface area contributed by atoms with Crippen LogP contribution in [0.2, 0.25) is 0 Å². The van der Waals surface area contributed by atoms with E-state index >= 15 is 0 Å². The van der Waals surface area contributed by atoms with E-state index in [1.54, 1.807) is 0 Å². The Morgan fingerprint density at radius 2 is 0.943 bits per heavy atom. The quantitative estimate of drug-likeness (QED) is 0.0342. The molecule has 0 aromatic rings. The lowest BCUT2D eigenvalue weighted by Crippen LogP contribution is -2.60. The first-order chi connectivity index (χ1) is 25.8. The highest BCUT2D eigenvalue weighted by Crippen LogP contribution is 2.23. The molecule has 1 saturated heterocycles. The molecule has 0 aromatic heterocycles. The van der Waals surface area contributed by atoms with Gasteiger partial charge in [-0.3, -0.25) is 4.79 Å². The van der Waals surface area contributed by atoms with E-state index in [2.05, 4.69) is 19.2 Å². The van der Waals surface area contributed by atoms with Gasteiger partial charge in [-0.15, -0.1) is 0 Å². The maximum absolute atomic E-state index is 12.9. The van der Waals surface area contributed by atoms with Crippen LogP contribution in [0.1, 0.15) is 219 Å². The Hall–Kier alpha value is -0.810.